The Morgan fingerprint density at radius 2 is 2.22 bits per heavy atom. The topological polar surface area (TPSA) is 90.7 Å². The monoisotopic (exact) mass is 250 g/mol. The molecule has 0 aliphatic carbocycles. The van der Waals surface area contributed by atoms with Crippen molar-refractivity contribution in [2.45, 2.75) is 0 Å². The van der Waals surface area contributed by atoms with Crippen molar-refractivity contribution < 1.29 is 19.4 Å². The van der Waals surface area contributed by atoms with Crippen molar-refractivity contribution in [2.24, 2.45) is 7.05 Å². The highest BCUT2D eigenvalue weighted by atomic mass is 16.7. The lowest BCUT2D eigenvalue weighted by molar-refractivity contribution is 0.116. The van der Waals surface area contributed by atoms with Gasteiger partial charge in [0.25, 0.3) is 11.4 Å². The van der Waals surface area contributed by atoms with Crippen LogP contribution in [0.25, 0.3) is 10.9 Å². The Morgan fingerprint density at radius 1 is 1.50 bits per heavy atom. The van der Waals surface area contributed by atoms with E-state index in [1.807, 2.05) is 0 Å². The fourth-order valence-corrected chi connectivity index (χ4v) is 1.53. The zero-order valence-corrected chi connectivity index (χ0v) is 9.71. The van der Waals surface area contributed by atoms with Gasteiger partial charge in [-0.15, -0.1) is 0 Å². The average Bonchev–Trinajstić information content (AvgIpc) is 2.40. The lowest BCUT2D eigenvalue weighted by atomic mass is 10.2. The Kier molecular flexibility index (Phi) is 2.88. The highest BCUT2D eigenvalue weighted by Crippen LogP contribution is 2.30. The molecule has 0 aliphatic rings. The van der Waals surface area contributed by atoms with Crippen LogP contribution in [0.5, 0.6) is 11.6 Å². The summed E-state index contributed by atoms with van der Waals surface area (Å²) in [5.74, 6) is -0.627. The first-order valence-corrected chi connectivity index (χ1v) is 4.98. The molecule has 0 radical (unpaired) electrons. The number of nitrogens with zero attached hydrogens (tertiary/aromatic N) is 2. The fourth-order valence-electron chi connectivity index (χ4n) is 1.53. The van der Waals surface area contributed by atoms with Crippen LogP contribution in [-0.4, -0.2) is 27.9 Å². The Balaban J connectivity index is 2.75. The van der Waals surface area contributed by atoms with Gasteiger partial charge in [0.1, 0.15) is 5.52 Å². The van der Waals surface area contributed by atoms with Crippen molar-refractivity contribution in [3.63, 3.8) is 0 Å². The SMILES string of the molecule is COC(=O)Oc1c(O)c2cccnc2c(=O)n1C. The number of rotatable bonds is 1. The molecule has 7 nitrogen and oxygen atoms in total. The summed E-state index contributed by atoms with van der Waals surface area (Å²) in [4.78, 5) is 26.9. The molecule has 0 saturated heterocycles. The third-order valence-corrected chi connectivity index (χ3v) is 2.42. The van der Waals surface area contributed by atoms with Gasteiger partial charge in [-0.3, -0.25) is 14.3 Å². The summed E-state index contributed by atoms with van der Waals surface area (Å²) < 4.78 is 10.0. The van der Waals surface area contributed by atoms with Crippen molar-refractivity contribution >= 4 is 17.1 Å². The number of pyridine rings is 2. The van der Waals surface area contributed by atoms with E-state index in [0.717, 1.165) is 11.7 Å². The molecule has 18 heavy (non-hydrogen) atoms. The van der Waals surface area contributed by atoms with Gasteiger partial charge in [-0.1, -0.05) is 0 Å². The number of methoxy groups -OCH3 is 1. The summed E-state index contributed by atoms with van der Waals surface area (Å²) in [6.07, 6.45) is 0.410. The molecule has 2 heterocycles. The molecule has 2 aromatic rings. The van der Waals surface area contributed by atoms with Gasteiger partial charge in [0, 0.05) is 13.2 Å². The molecule has 94 valence electrons. The van der Waals surface area contributed by atoms with Crippen LogP contribution in [0.4, 0.5) is 4.79 Å². The van der Waals surface area contributed by atoms with E-state index in [4.69, 9.17) is 4.74 Å². The van der Waals surface area contributed by atoms with Crippen molar-refractivity contribution in [3.8, 4) is 11.6 Å². The minimum absolute atomic E-state index is 0.0923. The lowest BCUT2D eigenvalue weighted by Gasteiger charge is -2.11. The molecule has 0 spiro atoms. The first kappa shape index (κ1) is 11.9. The highest BCUT2D eigenvalue weighted by Gasteiger charge is 2.18. The van der Waals surface area contributed by atoms with Crippen LogP contribution in [0.2, 0.25) is 0 Å². The smallest absolute Gasteiger partial charge is 0.503 e. The Hall–Kier alpha value is -2.57. The van der Waals surface area contributed by atoms with Crippen molar-refractivity contribution in [1.82, 2.24) is 9.55 Å². The van der Waals surface area contributed by atoms with E-state index in [2.05, 4.69) is 9.72 Å². The van der Waals surface area contributed by atoms with Gasteiger partial charge in [-0.2, -0.15) is 0 Å². The van der Waals surface area contributed by atoms with Crippen LogP contribution < -0.4 is 10.3 Å². The van der Waals surface area contributed by atoms with Gasteiger partial charge in [-0.25, -0.2) is 4.79 Å². The lowest BCUT2D eigenvalue weighted by Crippen LogP contribution is -2.22. The predicted octanol–water partition coefficient (Wildman–Crippen LogP) is 0.784. The van der Waals surface area contributed by atoms with Crippen molar-refractivity contribution in [3.05, 3.63) is 28.7 Å². The number of aromatic nitrogens is 2. The summed E-state index contributed by atoms with van der Waals surface area (Å²) in [5, 5.41) is 10.2. The predicted molar refractivity (Wildman–Crippen MR) is 61.7 cm³/mol. The quantitative estimate of drug-likeness (QED) is 0.752. The molecule has 0 unspecified atom stereocenters. The maximum atomic E-state index is 11.9. The molecular formula is C11H10N2O5. The minimum atomic E-state index is -1.02. The zero-order valence-electron chi connectivity index (χ0n) is 9.71. The maximum Gasteiger partial charge on any atom is 0.514 e. The minimum Gasteiger partial charge on any atom is -0.503 e. The van der Waals surface area contributed by atoms with Gasteiger partial charge >= 0.3 is 6.16 Å². The molecule has 0 aromatic carbocycles. The summed E-state index contributed by atoms with van der Waals surface area (Å²) >= 11 is 0. The Morgan fingerprint density at radius 3 is 2.89 bits per heavy atom. The first-order chi connectivity index (χ1) is 8.56. The van der Waals surface area contributed by atoms with Crippen molar-refractivity contribution in [1.29, 1.82) is 0 Å². The summed E-state index contributed by atoms with van der Waals surface area (Å²) in [6.45, 7) is 0. The van der Waals surface area contributed by atoms with Crippen LogP contribution in [0.3, 0.4) is 0 Å². The Bertz CT molecular complexity index is 677. The molecule has 0 fully saturated rings. The zero-order chi connectivity index (χ0) is 13.3. The third-order valence-electron chi connectivity index (χ3n) is 2.42. The number of aromatic hydroxyl groups is 1. The second-order valence-corrected chi connectivity index (χ2v) is 3.47. The van der Waals surface area contributed by atoms with E-state index in [0.29, 0.717) is 0 Å². The second kappa shape index (κ2) is 4.36. The standard InChI is InChI=1S/C11H10N2O5/c1-13-9(15)7-6(4-3-5-12-7)8(14)10(13)18-11(16)17-2/h3-5,14H,1-2H3. The molecule has 0 aliphatic heterocycles. The van der Waals surface area contributed by atoms with E-state index < -0.39 is 11.7 Å². The van der Waals surface area contributed by atoms with E-state index in [1.54, 1.807) is 6.07 Å². The Labute approximate surface area is 101 Å². The number of hydrogen-bond donors (Lipinski definition) is 1. The van der Waals surface area contributed by atoms with Crippen molar-refractivity contribution in [2.75, 3.05) is 7.11 Å². The average molecular weight is 250 g/mol. The van der Waals surface area contributed by atoms with E-state index in [9.17, 15) is 14.7 Å². The van der Waals surface area contributed by atoms with Crippen LogP contribution in [-0.2, 0) is 11.8 Å². The van der Waals surface area contributed by atoms with Crippen LogP contribution in [0.1, 0.15) is 0 Å². The fraction of sp³-hybridized carbons (Fsp3) is 0.182. The summed E-state index contributed by atoms with van der Waals surface area (Å²) in [6, 6.07) is 3.06. The molecule has 0 bridgehead atoms. The van der Waals surface area contributed by atoms with Crippen LogP contribution in [0.15, 0.2) is 23.1 Å². The number of fused-ring (bicyclic) bond motifs is 1. The van der Waals surface area contributed by atoms with Crippen LogP contribution in [0, 0.1) is 0 Å². The molecule has 0 amide bonds. The third kappa shape index (κ3) is 1.75. The molecule has 2 aromatic heterocycles. The molecule has 7 heteroatoms. The number of ether oxygens (including phenoxy) is 2. The molecular weight excluding hydrogens is 240 g/mol. The first-order valence-electron chi connectivity index (χ1n) is 4.98. The van der Waals surface area contributed by atoms with Crippen LogP contribution >= 0.6 is 0 Å². The summed E-state index contributed by atoms with van der Waals surface area (Å²) in [7, 11) is 2.48. The normalized spacial score (nSPS) is 10.3. The number of carbonyl (C=O) groups is 1. The molecule has 0 saturated carbocycles. The summed E-state index contributed by atoms with van der Waals surface area (Å²) in [5.41, 5.74) is -0.392. The molecule has 0 atom stereocenters. The molecule has 1 N–H and O–H groups in total. The largest absolute Gasteiger partial charge is 0.514 e. The molecule has 2 rings (SSSR count). The van der Waals surface area contributed by atoms with Gasteiger partial charge in [-0.05, 0) is 12.1 Å². The van der Waals surface area contributed by atoms with Gasteiger partial charge in [0.2, 0.25) is 0 Å². The van der Waals surface area contributed by atoms with Gasteiger partial charge < -0.3 is 14.6 Å². The van der Waals surface area contributed by atoms with E-state index in [1.165, 1.54) is 19.3 Å². The second-order valence-electron chi connectivity index (χ2n) is 3.47. The van der Waals surface area contributed by atoms with E-state index in [-0.39, 0.29) is 22.5 Å². The van der Waals surface area contributed by atoms with Gasteiger partial charge in [0.05, 0.1) is 12.5 Å². The highest BCUT2D eigenvalue weighted by molar-refractivity contribution is 5.86. The maximum absolute atomic E-state index is 11.9. The number of carbonyl (C=O) groups excluding carboxylic acids is 1. The number of hydrogen-bond acceptors (Lipinski definition) is 6. The van der Waals surface area contributed by atoms with Gasteiger partial charge in [0.15, 0.2) is 5.75 Å². The van der Waals surface area contributed by atoms with E-state index >= 15 is 0 Å².